The van der Waals surface area contributed by atoms with Crippen LogP contribution in [0.2, 0.25) is 0 Å². The summed E-state index contributed by atoms with van der Waals surface area (Å²) in [6.45, 7) is 5.56. The number of ether oxygens (including phenoxy) is 1. The number of esters is 1. The largest absolute Gasteiger partial charge is 0.456 e. The first-order chi connectivity index (χ1) is 5.99. The average molecular weight is 201 g/mol. The molecule has 0 spiro atoms. The average Bonchev–Trinajstić information content (AvgIpc) is 2.03. The van der Waals surface area contributed by atoms with Crippen molar-refractivity contribution in [3.8, 4) is 0 Å². The Balaban J connectivity index is 0.00000169. The molecule has 1 aromatic carbocycles. The van der Waals surface area contributed by atoms with E-state index >= 15 is 0 Å². The summed E-state index contributed by atoms with van der Waals surface area (Å²) in [4.78, 5) is 11.4. The first-order valence-corrected chi connectivity index (χ1v) is 4.27. The molecule has 0 aliphatic carbocycles. The first-order valence-electron chi connectivity index (χ1n) is 4.27. The number of hydrogen-bond donors (Lipinski definition) is 0. The number of rotatable bonds is 1. The maximum absolute atomic E-state index is 11.4. The summed E-state index contributed by atoms with van der Waals surface area (Å²) in [5, 5.41) is 0. The summed E-state index contributed by atoms with van der Waals surface area (Å²) in [6, 6.07) is 8.99. The van der Waals surface area contributed by atoms with E-state index in [0.717, 1.165) is 0 Å². The molecule has 2 nitrogen and oxygen atoms in total. The van der Waals surface area contributed by atoms with Gasteiger partial charge in [0.25, 0.3) is 0 Å². The standard InChI is InChI=1S/C11H14O2.Na/c1-11(2,3)13-10(12)9-7-5-4-6-8-9;/h4-8H,1-3H3;. The van der Waals surface area contributed by atoms with E-state index in [0.29, 0.717) is 5.56 Å². The van der Waals surface area contributed by atoms with Crippen molar-refractivity contribution in [1.82, 2.24) is 0 Å². The number of carbonyl (C=O) groups excluding carboxylic acids is 1. The monoisotopic (exact) mass is 201 g/mol. The van der Waals surface area contributed by atoms with Crippen molar-refractivity contribution in [2.24, 2.45) is 0 Å². The Morgan fingerprint density at radius 1 is 1.14 bits per heavy atom. The van der Waals surface area contributed by atoms with Gasteiger partial charge in [0.1, 0.15) is 5.60 Å². The van der Waals surface area contributed by atoms with Crippen molar-refractivity contribution in [3.05, 3.63) is 35.9 Å². The van der Waals surface area contributed by atoms with Gasteiger partial charge in [-0.2, -0.15) is 0 Å². The molecule has 1 aromatic rings. The normalized spacial score (nSPS) is 10.2. The van der Waals surface area contributed by atoms with Crippen LogP contribution in [-0.4, -0.2) is 41.1 Å². The summed E-state index contributed by atoms with van der Waals surface area (Å²) >= 11 is 0. The topological polar surface area (TPSA) is 26.3 Å². The Morgan fingerprint density at radius 3 is 2.07 bits per heavy atom. The van der Waals surface area contributed by atoms with Gasteiger partial charge < -0.3 is 4.74 Å². The molecule has 0 saturated carbocycles. The quantitative estimate of drug-likeness (QED) is 0.514. The second-order valence-corrected chi connectivity index (χ2v) is 3.87. The zero-order valence-corrected chi connectivity index (χ0v) is 11.2. The van der Waals surface area contributed by atoms with Crippen LogP contribution >= 0.6 is 0 Å². The van der Waals surface area contributed by atoms with E-state index in [1.807, 2.05) is 39.0 Å². The second-order valence-electron chi connectivity index (χ2n) is 3.87. The Bertz CT molecular complexity index is 288. The van der Waals surface area contributed by atoms with Crippen LogP contribution in [0.1, 0.15) is 31.1 Å². The van der Waals surface area contributed by atoms with E-state index in [1.54, 1.807) is 12.1 Å². The molecule has 0 N–H and O–H groups in total. The van der Waals surface area contributed by atoms with E-state index in [9.17, 15) is 4.79 Å². The maximum Gasteiger partial charge on any atom is 0.338 e. The van der Waals surface area contributed by atoms with Crippen LogP contribution in [0.4, 0.5) is 0 Å². The molecule has 0 bridgehead atoms. The molecule has 0 aromatic heterocycles. The Morgan fingerprint density at radius 2 is 1.64 bits per heavy atom. The van der Waals surface area contributed by atoms with E-state index in [1.165, 1.54) is 0 Å². The number of benzene rings is 1. The van der Waals surface area contributed by atoms with Crippen molar-refractivity contribution in [2.45, 2.75) is 26.4 Å². The molecule has 71 valence electrons. The Kier molecular flexibility index (Phi) is 5.42. The van der Waals surface area contributed by atoms with Crippen molar-refractivity contribution >= 4 is 35.5 Å². The van der Waals surface area contributed by atoms with Crippen LogP contribution in [0.3, 0.4) is 0 Å². The van der Waals surface area contributed by atoms with E-state index < -0.39 is 5.60 Å². The molecular formula is C11H14NaO2. The Labute approximate surface area is 107 Å². The zero-order chi connectivity index (χ0) is 9.90. The van der Waals surface area contributed by atoms with Gasteiger partial charge >= 0.3 is 5.97 Å². The predicted molar refractivity (Wildman–Crippen MR) is 57.4 cm³/mol. The summed E-state index contributed by atoms with van der Waals surface area (Å²) < 4.78 is 5.18. The predicted octanol–water partition coefficient (Wildman–Crippen LogP) is 2.26. The smallest absolute Gasteiger partial charge is 0.338 e. The van der Waals surface area contributed by atoms with Crippen LogP contribution in [0.15, 0.2) is 30.3 Å². The third-order valence-electron chi connectivity index (χ3n) is 1.41. The number of hydrogen-bond acceptors (Lipinski definition) is 2. The maximum atomic E-state index is 11.4. The summed E-state index contributed by atoms with van der Waals surface area (Å²) in [5.41, 5.74) is 0.171. The second kappa shape index (κ2) is 5.54. The van der Waals surface area contributed by atoms with Crippen molar-refractivity contribution in [3.63, 3.8) is 0 Å². The van der Waals surface area contributed by atoms with Gasteiger partial charge in [-0.1, -0.05) is 18.2 Å². The third-order valence-corrected chi connectivity index (χ3v) is 1.41. The van der Waals surface area contributed by atoms with Crippen LogP contribution in [-0.2, 0) is 4.74 Å². The third kappa shape index (κ3) is 4.80. The molecule has 0 aliphatic rings. The molecule has 0 fully saturated rings. The van der Waals surface area contributed by atoms with E-state index in [2.05, 4.69) is 0 Å². The van der Waals surface area contributed by atoms with Crippen LogP contribution in [0, 0.1) is 0 Å². The minimum absolute atomic E-state index is 0. The van der Waals surface area contributed by atoms with E-state index in [4.69, 9.17) is 4.74 Å². The molecule has 0 amide bonds. The molecule has 3 heteroatoms. The molecule has 1 rings (SSSR count). The summed E-state index contributed by atoms with van der Waals surface area (Å²) in [7, 11) is 0. The molecule has 0 heterocycles. The van der Waals surface area contributed by atoms with Crippen molar-refractivity contribution in [2.75, 3.05) is 0 Å². The van der Waals surface area contributed by atoms with Crippen LogP contribution in [0.5, 0.6) is 0 Å². The van der Waals surface area contributed by atoms with Gasteiger partial charge in [0.15, 0.2) is 0 Å². The fraction of sp³-hybridized carbons (Fsp3) is 0.364. The fourth-order valence-electron chi connectivity index (χ4n) is 0.911. The van der Waals surface area contributed by atoms with Crippen LogP contribution in [0.25, 0.3) is 0 Å². The molecule has 14 heavy (non-hydrogen) atoms. The van der Waals surface area contributed by atoms with Gasteiger partial charge in [0, 0.05) is 29.6 Å². The molecular weight excluding hydrogens is 187 g/mol. The first kappa shape index (κ1) is 13.7. The van der Waals surface area contributed by atoms with Gasteiger partial charge in [-0.15, -0.1) is 0 Å². The molecule has 1 radical (unpaired) electrons. The van der Waals surface area contributed by atoms with Gasteiger partial charge in [-0.25, -0.2) is 4.79 Å². The SMILES string of the molecule is CC(C)(C)OC(=O)c1ccccc1.[Na]. The molecule has 0 saturated heterocycles. The summed E-state index contributed by atoms with van der Waals surface area (Å²) in [5.74, 6) is -0.270. The van der Waals surface area contributed by atoms with Crippen molar-refractivity contribution < 1.29 is 9.53 Å². The van der Waals surface area contributed by atoms with Gasteiger partial charge in [-0.3, -0.25) is 0 Å². The van der Waals surface area contributed by atoms with Crippen molar-refractivity contribution in [1.29, 1.82) is 0 Å². The molecule has 0 aliphatic heterocycles. The molecule has 0 unspecified atom stereocenters. The van der Waals surface area contributed by atoms with Gasteiger partial charge in [0.05, 0.1) is 5.56 Å². The molecule has 0 atom stereocenters. The summed E-state index contributed by atoms with van der Waals surface area (Å²) in [6.07, 6.45) is 0. The van der Waals surface area contributed by atoms with Gasteiger partial charge in [-0.05, 0) is 32.9 Å². The van der Waals surface area contributed by atoms with Crippen LogP contribution < -0.4 is 0 Å². The fourth-order valence-corrected chi connectivity index (χ4v) is 0.911. The minimum Gasteiger partial charge on any atom is -0.456 e. The Hall–Kier alpha value is -0.310. The zero-order valence-electron chi connectivity index (χ0n) is 9.20. The number of carbonyl (C=O) groups is 1. The minimum atomic E-state index is -0.424. The van der Waals surface area contributed by atoms with Gasteiger partial charge in [0.2, 0.25) is 0 Å². The van der Waals surface area contributed by atoms with E-state index in [-0.39, 0.29) is 35.5 Å².